The molecule has 0 amide bonds. The van der Waals surface area contributed by atoms with Crippen LogP contribution in [0.4, 0.5) is 0 Å². The van der Waals surface area contributed by atoms with Gasteiger partial charge in [0.1, 0.15) is 0 Å². The molecule has 0 radical (unpaired) electrons. The minimum absolute atomic E-state index is 0.550. The SMILES string of the molecule is c1ccc(-c2ccc(-c3cccc(-c4cccc(-c5nc(-c6ccccc6)nc(-n6c7ccccc7c7ccc8c9ccccc9n(-c9cccc(-c%10ccccc%10)c9)c8c76)n5)c4)c3)cc2)cc1. The zero-order valence-corrected chi connectivity index (χ0v) is 36.9. The second-order valence-corrected chi connectivity index (χ2v) is 17.2. The quantitative estimate of drug-likeness (QED) is 0.153. The van der Waals surface area contributed by atoms with Crippen molar-refractivity contribution in [1.82, 2.24) is 24.1 Å². The Hall–Kier alpha value is -9.19. The maximum absolute atomic E-state index is 5.45. The van der Waals surface area contributed by atoms with E-state index in [0.717, 1.165) is 77.3 Å². The highest BCUT2D eigenvalue weighted by molar-refractivity contribution is 6.23. The van der Waals surface area contributed by atoms with Gasteiger partial charge in [-0.1, -0.05) is 212 Å². The van der Waals surface area contributed by atoms with E-state index in [4.69, 9.17) is 15.0 Å². The van der Waals surface area contributed by atoms with E-state index in [1.165, 1.54) is 27.6 Å². The standard InChI is InChI=1S/C63H41N5/c1-4-17-42(18-5-1)44-33-35-45(36-34-44)47-23-14-24-48(39-47)49-25-15-27-51(40-49)62-64-61(46-21-8-3-9-22-46)65-63(66-62)68-58-32-13-11-30-54(58)56-38-37-55-53-29-10-12-31-57(53)67(59(55)60(56)68)52-28-16-26-50(41-52)43-19-6-2-7-20-43/h1-41H. The number of rotatable bonds is 8. The van der Waals surface area contributed by atoms with Crippen LogP contribution in [0.3, 0.4) is 0 Å². The van der Waals surface area contributed by atoms with Crippen molar-refractivity contribution < 1.29 is 0 Å². The second-order valence-electron chi connectivity index (χ2n) is 17.2. The maximum atomic E-state index is 5.45. The molecule has 0 unspecified atom stereocenters. The minimum Gasteiger partial charge on any atom is -0.307 e. The molecule has 318 valence electrons. The van der Waals surface area contributed by atoms with E-state index in [0.29, 0.717) is 17.6 Å². The molecule has 0 saturated carbocycles. The molecule has 13 aromatic rings. The van der Waals surface area contributed by atoms with E-state index in [1.54, 1.807) is 0 Å². The Morgan fingerprint density at radius 2 is 0.618 bits per heavy atom. The van der Waals surface area contributed by atoms with E-state index in [2.05, 4.69) is 240 Å². The molecule has 5 heteroatoms. The van der Waals surface area contributed by atoms with Gasteiger partial charge in [-0.05, 0) is 80.9 Å². The van der Waals surface area contributed by atoms with Crippen LogP contribution >= 0.6 is 0 Å². The Kier molecular flexibility index (Phi) is 9.43. The van der Waals surface area contributed by atoms with E-state index < -0.39 is 0 Å². The van der Waals surface area contributed by atoms with Crippen molar-refractivity contribution in [2.24, 2.45) is 0 Å². The molecule has 0 aliphatic heterocycles. The molecule has 5 nitrogen and oxygen atoms in total. The zero-order chi connectivity index (χ0) is 45.0. The third-order valence-corrected chi connectivity index (χ3v) is 13.2. The highest BCUT2D eigenvalue weighted by Gasteiger charge is 2.24. The molecular weight excluding hydrogens is 827 g/mol. The molecule has 68 heavy (non-hydrogen) atoms. The summed E-state index contributed by atoms with van der Waals surface area (Å²) in [4.78, 5) is 16.1. The Bertz CT molecular complexity index is 4000. The van der Waals surface area contributed by atoms with E-state index in [9.17, 15) is 0 Å². The third kappa shape index (κ3) is 6.76. The van der Waals surface area contributed by atoms with Crippen LogP contribution in [0.5, 0.6) is 0 Å². The first kappa shape index (κ1) is 39.2. The molecule has 0 aliphatic carbocycles. The van der Waals surface area contributed by atoms with Crippen LogP contribution < -0.4 is 0 Å². The third-order valence-electron chi connectivity index (χ3n) is 13.2. The van der Waals surface area contributed by atoms with Gasteiger partial charge in [0.05, 0.1) is 22.1 Å². The molecule has 0 saturated heterocycles. The lowest BCUT2D eigenvalue weighted by atomic mass is 9.96. The molecule has 10 aromatic carbocycles. The Morgan fingerprint density at radius 3 is 1.22 bits per heavy atom. The van der Waals surface area contributed by atoms with Gasteiger partial charge in [0, 0.05) is 38.4 Å². The van der Waals surface area contributed by atoms with Crippen molar-refractivity contribution in [3.63, 3.8) is 0 Å². The summed E-state index contributed by atoms with van der Waals surface area (Å²) in [5, 5.41) is 4.58. The zero-order valence-electron chi connectivity index (χ0n) is 36.9. The lowest BCUT2D eigenvalue weighted by Gasteiger charge is -2.14. The predicted molar refractivity (Wildman–Crippen MR) is 281 cm³/mol. The fraction of sp³-hybridized carbons (Fsp3) is 0. The number of para-hydroxylation sites is 2. The molecule has 3 aromatic heterocycles. The van der Waals surface area contributed by atoms with E-state index in [1.807, 2.05) is 18.2 Å². The lowest BCUT2D eigenvalue weighted by Crippen LogP contribution is -2.07. The van der Waals surface area contributed by atoms with Crippen molar-refractivity contribution in [3.8, 4) is 78.9 Å². The first-order valence-electron chi connectivity index (χ1n) is 23.0. The van der Waals surface area contributed by atoms with Gasteiger partial charge in [0.2, 0.25) is 5.95 Å². The molecule has 0 N–H and O–H groups in total. The van der Waals surface area contributed by atoms with Gasteiger partial charge in [-0.2, -0.15) is 9.97 Å². The van der Waals surface area contributed by atoms with Gasteiger partial charge in [-0.3, -0.25) is 4.57 Å². The summed E-state index contributed by atoms with van der Waals surface area (Å²) >= 11 is 0. The molecule has 0 spiro atoms. The topological polar surface area (TPSA) is 48.5 Å². The Labute approximate surface area is 393 Å². The van der Waals surface area contributed by atoms with Gasteiger partial charge in [-0.15, -0.1) is 0 Å². The summed E-state index contributed by atoms with van der Waals surface area (Å²) in [6.07, 6.45) is 0. The van der Waals surface area contributed by atoms with Gasteiger partial charge >= 0.3 is 0 Å². The number of fused-ring (bicyclic) bond motifs is 7. The molecule has 0 aliphatic rings. The molecule has 13 rings (SSSR count). The predicted octanol–water partition coefficient (Wildman–Crippen LogP) is 16.1. The van der Waals surface area contributed by atoms with Gasteiger partial charge in [-0.25, -0.2) is 4.98 Å². The normalized spacial score (nSPS) is 11.5. The number of nitrogens with zero attached hydrogens (tertiary/aromatic N) is 5. The van der Waals surface area contributed by atoms with Crippen molar-refractivity contribution in [3.05, 3.63) is 249 Å². The fourth-order valence-corrected chi connectivity index (χ4v) is 9.94. The average Bonchev–Trinajstić information content (AvgIpc) is 3.95. The van der Waals surface area contributed by atoms with Crippen molar-refractivity contribution in [2.45, 2.75) is 0 Å². The summed E-state index contributed by atoms with van der Waals surface area (Å²) in [7, 11) is 0. The summed E-state index contributed by atoms with van der Waals surface area (Å²) < 4.78 is 4.68. The smallest absolute Gasteiger partial charge is 0.238 e. The van der Waals surface area contributed by atoms with Crippen LogP contribution in [-0.4, -0.2) is 24.1 Å². The van der Waals surface area contributed by atoms with Gasteiger partial charge in [0.15, 0.2) is 11.6 Å². The monoisotopic (exact) mass is 867 g/mol. The minimum atomic E-state index is 0.550. The summed E-state index contributed by atoms with van der Waals surface area (Å²) in [5.41, 5.74) is 16.4. The van der Waals surface area contributed by atoms with Crippen LogP contribution in [0, 0.1) is 0 Å². The van der Waals surface area contributed by atoms with Crippen LogP contribution in [-0.2, 0) is 0 Å². The highest BCUT2D eigenvalue weighted by Crippen LogP contribution is 2.42. The first-order chi connectivity index (χ1) is 33.7. The molecule has 0 bridgehead atoms. The van der Waals surface area contributed by atoms with Gasteiger partial charge < -0.3 is 4.57 Å². The molecule has 3 heterocycles. The lowest BCUT2D eigenvalue weighted by molar-refractivity contribution is 0.953. The van der Waals surface area contributed by atoms with Crippen molar-refractivity contribution in [1.29, 1.82) is 0 Å². The highest BCUT2D eigenvalue weighted by atomic mass is 15.2. The van der Waals surface area contributed by atoms with Gasteiger partial charge in [0.25, 0.3) is 0 Å². The number of aromatic nitrogens is 5. The average molecular weight is 868 g/mol. The largest absolute Gasteiger partial charge is 0.307 e. The molecular formula is C63H41N5. The summed E-state index contributed by atoms with van der Waals surface area (Å²) in [6, 6.07) is 88.2. The summed E-state index contributed by atoms with van der Waals surface area (Å²) in [6.45, 7) is 0. The van der Waals surface area contributed by atoms with Crippen LogP contribution in [0.25, 0.3) is 123 Å². The van der Waals surface area contributed by atoms with Crippen LogP contribution in [0.1, 0.15) is 0 Å². The number of benzene rings is 10. The van der Waals surface area contributed by atoms with Crippen molar-refractivity contribution in [2.75, 3.05) is 0 Å². The maximum Gasteiger partial charge on any atom is 0.238 e. The first-order valence-corrected chi connectivity index (χ1v) is 23.0. The molecule has 0 fully saturated rings. The van der Waals surface area contributed by atoms with Crippen LogP contribution in [0.15, 0.2) is 249 Å². The number of hydrogen-bond donors (Lipinski definition) is 0. The van der Waals surface area contributed by atoms with Crippen molar-refractivity contribution >= 4 is 43.6 Å². The van der Waals surface area contributed by atoms with E-state index in [-0.39, 0.29) is 0 Å². The molecule has 0 atom stereocenters. The van der Waals surface area contributed by atoms with E-state index >= 15 is 0 Å². The number of hydrogen-bond acceptors (Lipinski definition) is 3. The summed E-state index contributed by atoms with van der Waals surface area (Å²) in [5.74, 6) is 1.75. The second kappa shape index (κ2) is 16.4. The fourth-order valence-electron chi connectivity index (χ4n) is 9.94. The van der Waals surface area contributed by atoms with Crippen LogP contribution in [0.2, 0.25) is 0 Å². The Balaban J connectivity index is 1.01. The Morgan fingerprint density at radius 1 is 0.235 bits per heavy atom.